The van der Waals surface area contributed by atoms with Crippen LogP contribution in [0, 0.1) is 6.92 Å². The van der Waals surface area contributed by atoms with Crippen molar-refractivity contribution in [3.63, 3.8) is 0 Å². The normalized spacial score (nSPS) is 12.5. The highest BCUT2D eigenvalue weighted by Gasteiger charge is 2.75. The summed E-state index contributed by atoms with van der Waals surface area (Å²) in [5.41, 5.74) is 1.75. The largest absolute Gasteiger partial charge is 0.494 e. The lowest BCUT2D eigenvalue weighted by Crippen LogP contribution is -2.55. The summed E-state index contributed by atoms with van der Waals surface area (Å²) in [6.45, 7) is 1.68. The van der Waals surface area contributed by atoms with Gasteiger partial charge in [0.25, 0.3) is 0 Å². The number of esters is 1. The minimum atomic E-state index is -6.57. The number of amides is 1. The van der Waals surface area contributed by atoms with Crippen molar-refractivity contribution in [2.24, 2.45) is 7.05 Å². The molecule has 5 aromatic rings. The van der Waals surface area contributed by atoms with Crippen molar-refractivity contribution >= 4 is 23.8 Å². The molecule has 0 radical (unpaired) electrons. The first-order chi connectivity index (χ1) is 25.2. The van der Waals surface area contributed by atoms with Gasteiger partial charge in [-0.1, -0.05) is 12.1 Å². The Hall–Kier alpha value is -6.79. The van der Waals surface area contributed by atoms with Crippen LogP contribution in [0.5, 0.6) is 40.8 Å². The van der Waals surface area contributed by atoms with Crippen molar-refractivity contribution in [3.8, 4) is 68.7 Å². The van der Waals surface area contributed by atoms with E-state index in [0.29, 0.717) is 23.3 Å². The molecule has 1 aliphatic rings. The fourth-order valence-electron chi connectivity index (χ4n) is 5.45. The maximum absolute atomic E-state index is 13.5. The monoisotopic (exact) mass is 763 g/mol. The van der Waals surface area contributed by atoms with Crippen LogP contribution in [-0.4, -0.2) is 59.8 Å². The van der Waals surface area contributed by atoms with E-state index >= 15 is 0 Å². The Labute approximate surface area is 298 Å². The number of hydrogen-bond donors (Lipinski definition) is 5. The zero-order valence-electron chi connectivity index (χ0n) is 27.4. The van der Waals surface area contributed by atoms with Gasteiger partial charge in [-0.3, -0.25) is 14.5 Å². The third-order valence-electron chi connectivity index (χ3n) is 8.04. The number of anilines is 1. The summed E-state index contributed by atoms with van der Waals surface area (Å²) < 4.78 is 106. The summed E-state index contributed by atoms with van der Waals surface area (Å²) in [5.74, 6) is -9.70. The number of hydrogen-bond acceptors (Lipinski definition) is 9. The Morgan fingerprint density at radius 3 is 1.80 bits per heavy atom. The molecule has 282 valence electrons. The van der Waals surface area contributed by atoms with E-state index in [4.69, 9.17) is 9.47 Å². The number of ether oxygens (including phenoxy) is 3. The van der Waals surface area contributed by atoms with E-state index in [2.05, 4.69) is 10.1 Å². The summed E-state index contributed by atoms with van der Waals surface area (Å²) in [6.07, 6.45) is -11.1. The van der Waals surface area contributed by atoms with E-state index < -0.39 is 47.8 Å². The highest BCUT2D eigenvalue weighted by Crippen LogP contribution is 2.65. The van der Waals surface area contributed by atoms with Crippen LogP contribution in [0.1, 0.15) is 11.1 Å². The van der Waals surface area contributed by atoms with E-state index in [1.165, 1.54) is 49.5 Å². The number of alkyl halides is 7. The number of aryl methyl sites for hydroxylation is 1. The van der Waals surface area contributed by atoms with Crippen molar-refractivity contribution in [3.05, 3.63) is 83.9 Å². The molecule has 0 saturated carbocycles. The molecule has 5 N–H and O–H groups in total. The second-order valence-electron chi connectivity index (χ2n) is 11.7. The number of benzene rings is 3. The zero-order chi connectivity index (χ0) is 39.5. The van der Waals surface area contributed by atoms with Gasteiger partial charge in [0.2, 0.25) is 23.5 Å². The summed E-state index contributed by atoms with van der Waals surface area (Å²) in [5, 5.41) is 44.8. The molecule has 0 atom stereocenters. The maximum atomic E-state index is 13.5. The predicted molar refractivity (Wildman–Crippen MR) is 174 cm³/mol. The summed E-state index contributed by atoms with van der Waals surface area (Å²) in [7, 11) is 1.41. The van der Waals surface area contributed by atoms with Crippen molar-refractivity contribution in [1.82, 2.24) is 9.13 Å². The standard InChI is InChI=1S/C35H24F7N3O9/c1-16-13-19(45-30(49)26-24-25(27(26)31(45)50)29(48)44(2)28(24)47)15-22(14-16)52-23(46)12-5-17-3-8-20(9-4-17)53-32(51)43-18-6-10-21(11-7-18)54-35(41,42)33(36,37)34(38,39)40/h3-15,47-50H,1-2H3,(H,43,51). The third kappa shape index (κ3) is 6.43. The lowest BCUT2D eigenvalue weighted by molar-refractivity contribution is -0.402. The summed E-state index contributed by atoms with van der Waals surface area (Å²) in [4.78, 5) is 24.9. The van der Waals surface area contributed by atoms with Gasteiger partial charge in [0.15, 0.2) is 0 Å². The number of carbonyl (C=O) groups excluding carboxylic acids is 2. The van der Waals surface area contributed by atoms with E-state index in [0.717, 1.165) is 27.3 Å². The molecule has 54 heavy (non-hydrogen) atoms. The lowest BCUT2D eigenvalue weighted by atomic mass is 9.86. The molecule has 2 heterocycles. The van der Waals surface area contributed by atoms with Crippen LogP contribution in [0.2, 0.25) is 0 Å². The molecule has 12 nitrogen and oxygen atoms in total. The Kier molecular flexibility index (Phi) is 8.91. The van der Waals surface area contributed by atoms with Gasteiger partial charge in [-0.15, -0.1) is 0 Å². The molecule has 6 rings (SSSR count). The first-order valence-corrected chi connectivity index (χ1v) is 15.2. The van der Waals surface area contributed by atoms with Gasteiger partial charge in [-0.25, -0.2) is 9.59 Å². The van der Waals surface area contributed by atoms with Gasteiger partial charge in [-0.05, 0) is 72.7 Å². The summed E-state index contributed by atoms with van der Waals surface area (Å²) >= 11 is 0. The lowest BCUT2D eigenvalue weighted by Gasteiger charge is -2.27. The minimum absolute atomic E-state index is 0.00828. The number of aromatic hydroxyl groups is 4. The molecule has 0 aliphatic heterocycles. The Morgan fingerprint density at radius 1 is 0.704 bits per heavy atom. The highest BCUT2D eigenvalue weighted by molar-refractivity contribution is 6.12. The number of halogens is 7. The first kappa shape index (κ1) is 37.0. The van der Waals surface area contributed by atoms with Crippen LogP contribution >= 0.6 is 0 Å². The van der Waals surface area contributed by atoms with Crippen LogP contribution in [0.3, 0.4) is 0 Å². The topological polar surface area (TPSA) is 165 Å². The van der Waals surface area contributed by atoms with Gasteiger partial charge in [0, 0.05) is 24.9 Å². The Morgan fingerprint density at radius 2 is 1.24 bits per heavy atom. The molecule has 0 bridgehead atoms. The number of fused-ring (bicyclic) bond motifs is 4. The number of carbonyl (C=O) groups is 2. The average molecular weight is 764 g/mol. The average Bonchev–Trinajstić information content (AvgIpc) is 3.38. The highest BCUT2D eigenvalue weighted by atomic mass is 19.4. The van der Waals surface area contributed by atoms with Crippen LogP contribution < -0.4 is 19.5 Å². The fraction of sp³-hybridized carbons (Fsp3) is 0.143. The third-order valence-corrected chi connectivity index (χ3v) is 8.04. The number of aromatic nitrogens is 2. The van der Waals surface area contributed by atoms with E-state index in [1.54, 1.807) is 13.0 Å². The van der Waals surface area contributed by atoms with Gasteiger partial charge >= 0.3 is 30.3 Å². The molecule has 0 fully saturated rings. The van der Waals surface area contributed by atoms with Gasteiger partial charge < -0.3 is 34.6 Å². The Balaban J connectivity index is 1.05. The number of nitrogens with zero attached hydrogens (tertiary/aromatic N) is 2. The number of rotatable bonds is 9. The van der Waals surface area contributed by atoms with Crippen LogP contribution in [-0.2, 0) is 11.8 Å². The summed E-state index contributed by atoms with van der Waals surface area (Å²) in [6, 6.07) is 13.1. The number of nitrogens with one attached hydrogen (secondary N) is 1. The molecule has 3 aromatic carbocycles. The Bertz CT molecular complexity index is 2280. The molecule has 2 aromatic heterocycles. The zero-order valence-corrected chi connectivity index (χ0v) is 27.4. The van der Waals surface area contributed by atoms with Crippen LogP contribution in [0.25, 0.3) is 34.0 Å². The second-order valence-corrected chi connectivity index (χ2v) is 11.7. The van der Waals surface area contributed by atoms with Crippen molar-refractivity contribution in [2.75, 3.05) is 5.32 Å². The van der Waals surface area contributed by atoms with E-state index in [9.17, 15) is 60.7 Å². The molecule has 19 heteroatoms. The predicted octanol–water partition coefficient (Wildman–Crippen LogP) is 7.99. The van der Waals surface area contributed by atoms with E-state index in [1.807, 2.05) is 0 Å². The molecule has 0 saturated heterocycles. The van der Waals surface area contributed by atoms with Crippen molar-refractivity contribution < 1.29 is 75.0 Å². The first-order valence-electron chi connectivity index (χ1n) is 15.2. The van der Waals surface area contributed by atoms with Crippen molar-refractivity contribution in [2.45, 2.75) is 25.1 Å². The van der Waals surface area contributed by atoms with Crippen molar-refractivity contribution in [1.29, 1.82) is 0 Å². The fourth-order valence-corrected chi connectivity index (χ4v) is 5.45. The van der Waals surface area contributed by atoms with E-state index in [-0.39, 0.29) is 56.9 Å². The SMILES string of the molecule is Cc1cc(OC(=O)C=Cc2ccc(OC(=O)Nc3ccc(OC(F)(F)C(F)(F)C(F)(F)F)cc3)cc2)cc(-n2c(O)c3c(c2O)-c2c-3c(O)n(C)c2O)c1. The molecule has 0 unspecified atom stereocenters. The van der Waals surface area contributed by atoms with Gasteiger partial charge in [0.05, 0.1) is 27.9 Å². The minimum Gasteiger partial charge on any atom is -0.494 e. The molecule has 0 spiro atoms. The van der Waals surface area contributed by atoms with Gasteiger partial charge in [-0.2, -0.15) is 30.7 Å². The molecule has 1 aliphatic carbocycles. The molecular formula is C35H24F7N3O9. The smallest absolute Gasteiger partial charge is 0.474 e. The maximum Gasteiger partial charge on any atom is 0.474 e. The van der Waals surface area contributed by atoms with Crippen LogP contribution in [0.15, 0.2) is 72.8 Å². The second kappa shape index (κ2) is 13.0. The molecule has 1 amide bonds. The van der Waals surface area contributed by atoms with Gasteiger partial charge in [0.1, 0.15) is 17.2 Å². The van der Waals surface area contributed by atoms with Crippen LogP contribution in [0.4, 0.5) is 41.2 Å². The molecular weight excluding hydrogens is 739 g/mol. The quantitative estimate of drug-likeness (QED) is 0.0425.